The molecule has 3 N–H and O–H groups in total. The molecule has 2 rings (SSSR count). The number of nitrogens with one attached hydrogen (secondary N) is 1. The van der Waals surface area contributed by atoms with Gasteiger partial charge in [-0.05, 0) is 37.1 Å². The average molecular weight is 318 g/mol. The van der Waals surface area contributed by atoms with E-state index in [1.165, 1.54) is 12.1 Å². The van der Waals surface area contributed by atoms with Crippen LogP contribution in [0.4, 0.5) is 14.5 Å². The highest BCUT2D eigenvalue weighted by Gasteiger charge is 2.42. The predicted molar refractivity (Wildman–Crippen MR) is 73.6 cm³/mol. The minimum atomic E-state index is -4.61. The molecule has 0 spiro atoms. The zero-order chi connectivity index (χ0) is 15.7. The predicted octanol–water partition coefficient (Wildman–Crippen LogP) is 1.75. The first-order valence-corrected chi connectivity index (χ1v) is 8.00. The van der Waals surface area contributed by atoms with Crippen molar-refractivity contribution in [2.24, 2.45) is 11.1 Å². The van der Waals surface area contributed by atoms with E-state index in [0.29, 0.717) is 18.5 Å². The van der Waals surface area contributed by atoms with Crippen molar-refractivity contribution in [1.29, 1.82) is 0 Å². The van der Waals surface area contributed by atoms with E-state index in [1.807, 2.05) is 0 Å². The van der Waals surface area contributed by atoms with E-state index in [4.69, 9.17) is 5.73 Å². The number of benzene rings is 1. The third kappa shape index (κ3) is 2.91. The van der Waals surface area contributed by atoms with Crippen molar-refractivity contribution in [3.8, 4) is 0 Å². The summed E-state index contributed by atoms with van der Waals surface area (Å²) in [5, 5.41) is 2.64. The van der Waals surface area contributed by atoms with Crippen molar-refractivity contribution in [2.45, 2.75) is 29.9 Å². The van der Waals surface area contributed by atoms with Crippen LogP contribution < -0.4 is 11.1 Å². The molecule has 5 nitrogen and oxygen atoms in total. The number of sulfone groups is 1. The van der Waals surface area contributed by atoms with Gasteiger partial charge in [0.05, 0.1) is 10.3 Å². The molecule has 1 aliphatic carbocycles. The quantitative estimate of drug-likeness (QED) is 0.865. The maximum atomic E-state index is 12.4. The number of amides is 1. The van der Waals surface area contributed by atoms with Crippen molar-refractivity contribution < 1.29 is 22.0 Å². The van der Waals surface area contributed by atoms with Crippen LogP contribution in [-0.4, -0.2) is 26.6 Å². The Kier molecular flexibility index (Phi) is 4.29. The normalized spacial score (nSPS) is 17.3. The Bertz CT molecular complexity index is 620. The number of alkyl halides is 2. The molecule has 1 saturated carbocycles. The number of halogens is 2. The Labute approximate surface area is 121 Å². The molecule has 1 aliphatic rings. The largest absolute Gasteiger partial charge is 0.341 e. The second kappa shape index (κ2) is 5.69. The SMILES string of the molecule is NCC1(C(=O)Nc2ccc(S(=O)(=O)C(F)F)cc2)CCC1. The van der Waals surface area contributed by atoms with Crippen LogP contribution in [0.1, 0.15) is 19.3 Å². The Morgan fingerprint density at radius 2 is 1.86 bits per heavy atom. The molecule has 0 bridgehead atoms. The number of hydrogen-bond donors (Lipinski definition) is 2. The van der Waals surface area contributed by atoms with E-state index in [1.54, 1.807) is 0 Å². The Morgan fingerprint density at radius 1 is 1.29 bits per heavy atom. The summed E-state index contributed by atoms with van der Waals surface area (Å²) in [6.07, 6.45) is 2.37. The molecule has 1 fully saturated rings. The molecule has 116 valence electrons. The highest BCUT2D eigenvalue weighted by atomic mass is 32.2. The molecule has 0 aromatic heterocycles. The number of nitrogens with two attached hydrogens (primary N) is 1. The topological polar surface area (TPSA) is 89.3 Å². The Hall–Kier alpha value is -1.54. The molecule has 8 heteroatoms. The smallest absolute Gasteiger partial charge is 0.329 e. The van der Waals surface area contributed by atoms with E-state index in [9.17, 15) is 22.0 Å². The molecule has 0 radical (unpaired) electrons. The first kappa shape index (κ1) is 15.8. The van der Waals surface area contributed by atoms with Crippen molar-refractivity contribution in [2.75, 3.05) is 11.9 Å². The van der Waals surface area contributed by atoms with E-state index >= 15 is 0 Å². The second-order valence-electron chi connectivity index (χ2n) is 5.12. The van der Waals surface area contributed by atoms with Crippen LogP contribution in [0.5, 0.6) is 0 Å². The first-order valence-electron chi connectivity index (χ1n) is 6.45. The third-order valence-electron chi connectivity index (χ3n) is 3.86. The summed E-state index contributed by atoms with van der Waals surface area (Å²) in [4.78, 5) is 11.6. The third-order valence-corrected chi connectivity index (χ3v) is 5.26. The molecule has 1 aromatic rings. The van der Waals surface area contributed by atoms with Gasteiger partial charge in [-0.2, -0.15) is 8.78 Å². The first-order chi connectivity index (χ1) is 9.82. The lowest BCUT2D eigenvalue weighted by Gasteiger charge is -2.39. The van der Waals surface area contributed by atoms with Crippen LogP contribution in [0.3, 0.4) is 0 Å². The molecular weight excluding hydrogens is 302 g/mol. The van der Waals surface area contributed by atoms with E-state index in [2.05, 4.69) is 5.32 Å². The monoisotopic (exact) mass is 318 g/mol. The lowest BCUT2D eigenvalue weighted by atomic mass is 9.68. The fourth-order valence-corrected chi connectivity index (χ4v) is 2.94. The number of anilines is 1. The van der Waals surface area contributed by atoms with Crippen LogP contribution >= 0.6 is 0 Å². The van der Waals surface area contributed by atoms with Crippen LogP contribution in [-0.2, 0) is 14.6 Å². The zero-order valence-electron chi connectivity index (χ0n) is 11.2. The van der Waals surface area contributed by atoms with Crippen molar-refractivity contribution >= 4 is 21.4 Å². The lowest BCUT2D eigenvalue weighted by molar-refractivity contribution is -0.129. The van der Waals surface area contributed by atoms with E-state index in [-0.39, 0.29) is 12.5 Å². The summed E-state index contributed by atoms with van der Waals surface area (Å²) < 4.78 is 47.3. The summed E-state index contributed by atoms with van der Waals surface area (Å²) in [6.45, 7) is 0.247. The fraction of sp³-hybridized carbons (Fsp3) is 0.462. The average Bonchev–Trinajstić information content (AvgIpc) is 2.38. The van der Waals surface area contributed by atoms with Gasteiger partial charge in [-0.3, -0.25) is 4.79 Å². The summed E-state index contributed by atoms with van der Waals surface area (Å²) in [7, 11) is -4.61. The van der Waals surface area contributed by atoms with Gasteiger partial charge >= 0.3 is 5.76 Å². The highest BCUT2D eigenvalue weighted by molar-refractivity contribution is 7.91. The molecule has 1 amide bonds. The van der Waals surface area contributed by atoms with E-state index in [0.717, 1.165) is 18.6 Å². The number of rotatable bonds is 5. The lowest BCUT2D eigenvalue weighted by Crippen LogP contribution is -2.47. The second-order valence-corrected chi connectivity index (χ2v) is 7.04. The Balaban J connectivity index is 2.12. The molecule has 0 unspecified atom stereocenters. The van der Waals surface area contributed by atoms with Gasteiger partial charge in [0, 0.05) is 12.2 Å². The molecule has 0 aliphatic heterocycles. The summed E-state index contributed by atoms with van der Waals surface area (Å²) >= 11 is 0. The maximum absolute atomic E-state index is 12.4. The van der Waals surface area contributed by atoms with Crippen LogP contribution in [0.2, 0.25) is 0 Å². The molecule has 0 heterocycles. The zero-order valence-corrected chi connectivity index (χ0v) is 12.0. The summed E-state index contributed by atoms with van der Waals surface area (Å²) in [5.41, 5.74) is 5.41. The number of carbonyl (C=O) groups excluding carboxylic acids is 1. The van der Waals surface area contributed by atoms with Gasteiger partial charge in [0.2, 0.25) is 15.7 Å². The van der Waals surface area contributed by atoms with Gasteiger partial charge < -0.3 is 11.1 Å². The van der Waals surface area contributed by atoms with Crippen molar-refractivity contribution in [3.05, 3.63) is 24.3 Å². The van der Waals surface area contributed by atoms with Crippen molar-refractivity contribution in [3.63, 3.8) is 0 Å². The number of hydrogen-bond acceptors (Lipinski definition) is 4. The standard InChI is InChI=1S/C13H16F2N2O3S/c14-12(15)21(19,20)10-4-2-9(3-5-10)17-11(18)13(8-16)6-1-7-13/h2-5,12H,1,6-8,16H2,(H,17,18). The fourth-order valence-electron chi connectivity index (χ4n) is 2.22. The molecule has 0 atom stereocenters. The van der Waals surface area contributed by atoms with Gasteiger partial charge in [-0.15, -0.1) is 0 Å². The van der Waals surface area contributed by atoms with Gasteiger partial charge in [-0.1, -0.05) is 6.42 Å². The Morgan fingerprint density at radius 3 is 2.24 bits per heavy atom. The van der Waals surface area contributed by atoms with Crippen LogP contribution in [0.15, 0.2) is 29.2 Å². The maximum Gasteiger partial charge on any atom is 0.341 e. The van der Waals surface area contributed by atoms with Crippen LogP contribution in [0.25, 0.3) is 0 Å². The molecular formula is C13H16F2N2O3S. The highest BCUT2D eigenvalue weighted by Crippen LogP contribution is 2.40. The molecule has 21 heavy (non-hydrogen) atoms. The minimum absolute atomic E-state index is 0.222. The van der Waals surface area contributed by atoms with E-state index < -0.39 is 25.9 Å². The molecule has 0 saturated heterocycles. The van der Waals surface area contributed by atoms with Crippen molar-refractivity contribution in [1.82, 2.24) is 0 Å². The van der Waals surface area contributed by atoms with Gasteiger partial charge in [-0.25, -0.2) is 8.42 Å². The molecule has 1 aromatic carbocycles. The van der Waals surface area contributed by atoms with Gasteiger partial charge in [0.15, 0.2) is 0 Å². The van der Waals surface area contributed by atoms with Gasteiger partial charge in [0.1, 0.15) is 0 Å². The minimum Gasteiger partial charge on any atom is -0.329 e. The van der Waals surface area contributed by atoms with Crippen LogP contribution in [0, 0.1) is 5.41 Å². The summed E-state index contributed by atoms with van der Waals surface area (Å²) in [5.74, 6) is -3.69. The number of carbonyl (C=O) groups is 1. The van der Waals surface area contributed by atoms with Gasteiger partial charge in [0.25, 0.3) is 0 Å². The summed E-state index contributed by atoms with van der Waals surface area (Å²) in [6, 6.07) is 4.67.